The summed E-state index contributed by atoms with van der Waals surface area (Å²) in [5.74, 6) is 0.842. The minimum Gasteiger partial charge on any atom is -0.354 e. The van der Waals surface area contributed by atoms with E-state index in [-0.39, 0.29) is 11.9 Å². The van der Waals surface area contributed by atoms with Crippen LogP contribution in [0.4, 0.5) is 0 Å². The van der Waals surface area contributed by atoms with Crippen molar-refractivity contribution < 1.29 is 4.79 Å². The highest BCUT2D eigenvalue weighted by atomic mass is 16.2. The van der Waals surface area contributed by atoms with Crippen molar-refractivity contribution in [2.24, 2.45) is 5.92 Å². The summed E-state index contributed by atoms with van der Waals surface area (Å²) in [5.41, 5.74) is 0. The quantitative estimate of drug-likeness (QED) is 0.530. The second kappa shape index (κ2) is 4.07. The Morgan fingerprint density at radius 2 is 2.31 bits per heavy atom. The van der Waals surface area contributed by atoms with Crippen LogP contribution in [-0.4, -0.2) is 38.1 Å². The minimum absolute atomic E-state index is 0.0769. The van der Waals surface area contributed by atoms with Crippen LogP contribution in [0.25, 0.3) is 0 Å². The molecule has 2 saturated heterocycles. The van der Waals surface area contributed by atoms with Crippen LogP contribution in [0, 0.1) is 5.92 Å². The van der Waals surface area contributed by atoms with Crippen LogP contribution in [0.1, 0.15) is 12.8 Å². The molecular weight excluding hydrogens is 166 g/mol. The van der Waals surface area contributed by atoms with Crippen LogP contribution in [0.15, 0.2) is 0 Å². The Bertz CT molecular complexity index is 185. The molecule has 1 amide bonds. The van der Waals surface area contributed by atoms with E-state index in [0.717, 1.165) is 39.0 Å². The molecule has 0 spiro atoms. The van der Waals surface area contributed by atoms with E-state index in [9.17, 15) is 4.79 Å². The molecule has 0 bridgehead atoms. The zero-order valence-corrected chi connectivity index (χ0v) is 7.81. The van der Waals surface area contributed by atoms with Gasteiger partial charge in [0.1, 0.15) is 0 Å². The maximum Gasteiger partial charge on any atom is 0.237 e. The van der Waals surface area contributed by atoms with Gasteiger partial charge < -0.3 is 16.0 Å². The van der Waals surface area contributed by atoms with Crippen molar-refractivity contribution in [3.05, 3.63) is 0 Å². The van der Waals surface area contributed by atoms with Gasteiger partial charge in [-0.2, -0.15) is 0 Å². The standard InChI is InChI=1S/C9H17N3O/c13-9(8-2-1-3-11-8)12-6-7-4-10-5-7/h7-8,10-11H,1-6H2,(H,12,13)/t8-/m0/s1. The van der Waals surface area contributed by atoms with Crippen LogP contribution < -0.4 is 16.0 Å². The number of amides is 1. The van der Waals surface area contributed by atoms with Gasteiger partial charge in [-0.1, -0.05) is 0 Å². The van der Waals surface area contributed by atoms with Crippen molar-refractivity contribution in [1.82, 2.24) is 16.0 Å². The van der Waals surface area contributed by atoms with Gasteiger partial charge >= 0.3 is 0 Å². The SMILES string of the molecule is O=C(NCC1CNC1)[C@@H]1CCCN1. The molecular formula is C9H17N3O. The van der Waals surface area contributed by atoms with E-state index in [0.29, 0.717) is 5.92 Å². The average molecular weight is 183 g/mol. The molecule has 0 radical (unpaired) electrons. The molecule has 0 aromatic carbocycles. The normalized spacial score (nSPS) is 28.5. The predicted octanol–water partition coefficient (Wildman–Crippen LogP) is -0.926. The smallest absolute Gasteiger partial charge is 0.237 e. The van der Waals surface area contributed by atoms with Gasteiger partial charge in [-0.3, -0.25) is 4.79 Å². The molecule has 4 heteroatoms. The van der Waals surface area contributed by atoms with Crippen LogP contribution in [-0.2, 0) is 4.79 Å². The first-order valence-corrected chi connectivity index (χ1v) is 5.08. The number of carbonyl (C=O) groups excluding carboxylic acids is 1. The molecule has 2 aliphatic heterocycles. The molecule has 0 aliphatic carbocycles. The second-order valence-electron chi connectivity index (χ2n) is 3.92. The lowest BCUT2D eigenvalue weighted by Crippen LogP contribution is -2.50. The largest absolute Gasteiger partial charge is 0.354 e. The number of rotatable bonds is 3. The molecule has 2 fully saturated rings. The maximum atomic E-state index is 11.5. The minimum atomic E-state index is 0.0769. The first-order chi connectivity index (χ1) is 6.36. The maximum absolute atomic E-state index is 11.5. The molecule has 0 unspecified atom stereocenters. The fourth-order valence-electron chi connectivity index (χ4n) is 1.77. The fraction of sp³-hybridized carbons (Fsp3) is 0.889. The van der Waals surface area contributed by atoms with Gasteiger partial charge in [0.15, 0.2) is 0 Å². The summed E-state index contributed by atoms with van der Waals surface area (Å²) >= 11 is 0. The van der Waals surface area contributed by atoms with E-state index in [1.807, 2.05) is 0 Å². The molecule has 3 N–H and O–H groups in total. The fourth-order valence-corrected chi connectivity index (χ4v) is 1.77. The van der Waals surface area contributed by atoms with Crippen molar-refractivity contribution in [3.8, 4) is 0 Å². The van der Waals surface area contributed by atoms with Crippen molar-refractivity contribution in [2.45, 2.75) is 18.9 Å². The van der Waals surface area contributed by atoms with Gasteiger partial charge in [-0.15, -0.1) is 0 Å². The third-order valence-corrected chi connectivity index (χ3v) is 2.81. The Morgan fingerprint density at radius 3 is 2.85 bits per heavy atom. The zero-order valence-electron chi connectivity index (χ0n) is 7.81. The molecule has 1 atom stereocenters. The van der Waals surface area contributed by atoms with Crippen LogP contribution >= 0.6 is 0 Å². The van der Waals surface area contributed by atoms with E-state index in [2.05, 4.69) is 16.0 Å². The summed E-state index contributed by atoms with van der Waals surface area (Å²) in [6.07, 6.45) is 2.12. The van der Waals surface area contributed by atoms with Gasteiger partial charge in [0.25, 0.3) is 0 Å². The van der Waals surface area contributed by atoms with Gasteiger partial charge in [-0.05, 0) is 19.4 Å². The summed E-state index contributed by atoms with van der Waals surface area (Å²) in [6.45, 7) is 3.93. The van der Waals surface area contributed by atoms with E-state index in [1.165, 1.54) is 0 Å². The summed E-state index contributed by atoms with van der Waals surface area (Å²) in [6, 6.07) is 0.0769. The molecule has 0 saturated carbocycles. The summed E-state index contributed by atoms with van der Waals surface area (Å²) in [5, 5.41) is 9.36. The molecule has 0 aromatic rings. The lowest BCUT2D eigenvalue weighted by molar-refractivity contribution is -0.123. The molecule has 13 heavy (non-hydrogen) atoms. The van der Waals surface area contributed by atoms with Crippen LogP contribution in [0.2, 0.25) is 0 Å². The summed E-state index contributed by atoms with van der Waals surface area (Å²) in [4.78, 5) is 11.5. The number of carbonyl (C=O) groups is 1. The Kier molecular flexibility index (Phi) is 2.80. The third-order valence-electron chi connectivity index (χ3n) is 2.81. The molecule has 0 aromatic heterocycles. The first-order valence-electron chi connectivity index (χ1n) is 5.08. The number of nitrogens with one attached hydrogen (secondary N) is 3. The molecule has 2 aliphatic rings. The van der Waals surface area contributed by atoms with Crippen molar-refractivity contribution in [1.29, 1.82) is 0 Å². The van der Waals surface area contributed by atoms with E-state index >= 15 is 0 Å². The Morgan fingerprint density at radius 1 is 1.46 bits per heavy atom. The van der Waals surface area contributed by atoms with Crippen LogP contribution in [0.5, 0.6) is 0 Å². The lowest BCUT2D eigenvalue weighted by Gasteiger charge is -2.27. The Balaban J connectivity index is 1.65. The summed E-state index contributed by atoms with van der Waals surface area (Å²) < 4.78 is 0. The average Bonchev–Trinajstić information content (AvgIpc) is 2.52. The van der Waals surface area contributed by atoms with Crippen LogP contribution in [0.3, 0.4) is 0 Å². The van der Waals surface area contributed by atoms with E-state index < -0.39 is 0 Å². The second-order valence-corrected chi connectivity index (χ2v) is 3.92. The summed E-state index contributed by atoms with van der Waals surface area (Å²) in [7, 11) is 0. The van der Waals surface area contributed by atoms with Gasteiger partial charge in [0.05, 0.1) is 6.04 Å². The molecule has 2 heterocycles. The highest BCUT2D eigenvalue weighted by Gasteiger charge is 2.23. The third kappa shape index (κ3) is 2.19. The van der Waals surface area contributed by atoms with Gasteiger partial charge in [-0.25, -0.2) is 0 Å². The zero-order chi connectivity index (χ0) is 9.10. The highest BCUT2D eigenvalue weighted by molar-refractivity contribution is 5.81. The topological polar surface area (TPSA) is 53.2 Å². The Hall–Kier alpha value is -0.610. The Labute approximate surface area is 78.5 Å². The van der Waals surface area contributed by atoms with Gasteiger partial charge in [0, 0.05) is 25.6 Å². The molecule has 74 valence electrons. The predicted molar refractivity (Wildman–Crippen MR) is 50.4 cm³/mol. The lowest BCUT2D eigenvalue weighted by atomic mass is 10.0. The highest BCUT2D eigenvalue weighted by Crippen LogP contribution is 2.05. The van der Waals surface area contributed by atoms with E-state index in [1.54, 1.807) is 0 Å². The van der Waals surface area contributed by atoms with Crippen molar-refractivity contribution >= 4 is 5.91 Å². The van der Waals surface area contributed by atoms with Crippen molar-refractivity contribution in [3.63, 3.8) is 0 Å². The number of hydrogen-bond donors (Lipinski definition) is 3. The molecule has 4 nitrogen and oxygen atoms in total. The monoisotopic (exact) mass is 183 g/mol. The number of hydrogen-bond acceptors (Lipinski definition) is 3. The van der Waals surface area contributed by atoms with Crippen molar-refractivity contribution in [2.75, 3.05) is 26.2 Å². The van der Waals surface area contributed by atoms with Gasteiger partial charge in [0.2, 0.25) is 5.91 Å². The molecule has 2 rings (SSSR count). The van der Waals surface area contributed by atoms with E-state index in [4.69, 9.17) is 0 Å². The first kappa shape index (κ1) is 8.97.